The average molecular weight is 328 g/mol. The van der Waals surface area contributed by atoms with Crippen LogP contribution < -0.4 is 14.8 Å². The highest BCUT2D eigenvalue weighted by Gasteiger charge is 2.23. The first kappa shape index (κ1) is 16.3. The van der Waals surface area contributed by atoms with Gasteiger partial charge in [0.25, 0.3) is 0 Å². The van der Waals surface area contributed by atoms with Crippen LogP contribution in [0.5, 0.6) is 17.4 Å². The van der Waals surface area contributed by atoms with E-state index >= 15 is 0 Å². The maximum atomic E-state index is 12.1. The quantitative estimate of drug-likeness (QED) is 0.883. The van der Waals surface area contributed by atoms with Gasteiger partial charge in [-0.1, -0.05) is 18.2 Å². The molecule has 0 bridgehead atoms. The number of aromatic nitrogens is 1. The molecule has 1 saturated heterocycles. The summed E-state index contributed by atoms with van der Waals surface area (Å²) in [7, 11) is 1.59. The van der Waals surface area contributed by atoms with Gasteiger partial charge in [-0.05, 0) is 31.0 Å². The number of hydrogen-bond acceptors (Lipinski definition) is 5. The van der Waals surface area contributed by atoms with Gasteiger partial charge in [-0.3, -0.25) is 4.79 Å². The van der Waals surface area contributed by atoms with Gasteiger partial charge >= 0.3 is 0 Å². The van der Waals surface area contributed by atoms with Gasteiger partial charge in [0.15, 0.2) is 11.5 Å². The zero-order chi connectivity index (χ0) is 16.8. The third-order valence-electron chi connectivity index (χ3n) is 3.80. The Morgan fingerprint density at radius 2 is 2.12 bits per heavy atom. The second kappa shape index (κ2) is 7.79. The molecule has 126 valence electrons. The highest BCUT2D eigenvalue weighted by atomic mass is 16.5. The Labute approximate surface area is 140 Å². The molecule has 1 fully saturated rings. The standard InChI is InChI=1S/C18H20N2O4/c1-22-14-7-2-3-8-15(14)24-18-13(6-4-10-19-18)12-20-17(21)16-9-5-11-23-16/h2-4,6-8,10,16H,5,9,11-12H2,1H3,(H,20,21)/t16-/m1/s1. The number of ether oxygens (including phenoxy) is 3. The molecule has 1 amide bonds. The third kappa shape index (κ3) is 3.83. The van der Waals surface area contributed by atoms with Crippen LogP contribution in [-0.4, -0.2) is 30.7 Å². The van der Waals surface area contributed by atoms with Crippen molar-refractivity contribution in [3.05, 3.63) is 48.2 Å². The molecule has 2 aromatic rings. The molecule has 0 unspecified atom stereocenters. The molecule has 6 nitrogen and oxygen atoms in total. The number of carbonyl (C=O) groups excluding carboxylic acids is 1. The summed E-state index contributed by atoms with van der Waals surface area (Å²) in [5.41, 5.74) is 0.787. The molecule has 1 N–H and O–H groups in total. The smallest absolute Gasteiger partial charge is 0.249 e. The molecule has 24 heavy (non-hydrogen) atoms. The number of amides is 1. The van der Waals surface area contributed by atoms with E-state index in [9.17, 15) is 4.79 Å². The van der Waals surface area contributed by atoms with Gasteiger partial charge in [0.05, 0.1) is 7.11 Å². The van der Waals surface area contributed by atoms with E-state index in [0.29, 0.717) is 30.5 Å². The van der Waals surface area contributed by atoms with E-state index in [0.717, 1.165) is 18.4 Å². The van der Waals surface area contributed by atoms with E-state index < -0.39 is 0 Å². The van der Waals surface area contributed by atoms with Crippen LogP contribution in [0.25, 0.3) is 0 Å². The fraction of sp³-hybridized carbons (Fsp3) is 0.333. The van der Waals surface area contributed by atoms with Crippen molar-refractivity contribution in [1.29, 1.82) is 0 Å². The molecule has 1 aromatic carbocycles. The zero-order valence-electron chi connectivity index (χ0n) is 13.5. The number of methoxy groups -OCH3 is 1. The van der Waals surface area contributed by atoms with Crippen LogP contribution in [0.15, 0.2) is 42.6 Å². The van der Waals surface area contributed by atoms with Crippen LogP contribution >= 0.6 is 0 Å². The van der Waals surface area contributed by atoms with E-state index in [-0.39, 0.29) is 12.0 Å². The van der Waals surface area contributed by atoms with Crippen molar-refractivity contribution >= 4 is 5.91 Å². The lowest BCUT2D eigenvalue weighted by Crippen LogP contribution is -2.33. The van der Waals surface area contributed by atoms with Gasteiger partial charge in [0.2, 0.25) is 11.8 Å². The minimum absolute atomic E-state index is 0.0976. The Bertz CT molecular complexity index is 699. The Kier molecular flexibility index (Phi) is 5.28. The van der Waals surface area contributed by atoms with Crippen LogP contribution in [-0.2, 0) is 16.1 Å². The van der Waals surface area contributed by atoms with Crippen LogP contribution in [0, 0.1) is 0 Å². The van der Waals surface area contributed by atoms with Gasteiger partial charge in [-0.2, -0.15) is 0 Å². The molecule has 1 atom stereocenters. The molecule has 0 radical (unpaired) electrons. The van der Waals surface area contributed by atoms with Crippen molar-refractivity contribution < 1.29 is 19.0 Å². The molecule has 3 rings (SSSR count). The molecule has 0 aliphatic carbocycles. The predicted molar refractivity (Wildman–Crippen MR) is 88.1 cm³/mol. The van der Waals surface area contributed by atoms with Crippen molar-refractivity contribution in [3.63, 3.8) is 0 Å². The fourth-order valence-corrected chi connectivity index (χ4v) is 2.54. The highest BCUT2D eigenvalue weighted by molar-refractivity contribution is 5.81. The number of pyridine rings is 1. The van der Waals surface area contributed by atoms with Crippen molar-refractivity contribution in [1.82, 2.24) is 10.3 Å². The van der Waals surface area contributed by atoms with Crippen LogP contribution in [0.2, 0.25) is 0 Å². The molecular formula is C18H20N2O4. The summed E-state index contributed by atoms with van der Waals surface area (Å²) in [6, 6.07) is 11.0. The number of benzene rings is 1. The van der Waals surface area contributed by atoms with Crippen LogP contribution in [0.1, 0.15) is 18.4 Å². The number of nitrogens with zero attached hydrogens (tertiary/aromatic N) is 1. The Morgan fingerprint density at radius 1 is 1.29 bits per heavy atom. The Hall–Kier alpha value is -2.60. The largest absolute Gasteiger partial charge is 0.493 e. The monoisotopic (exact) mass is 328 g/mol. The number of nitrogens with one attached hydrogen (secondary N) is 1. The summed E-state index contributed by atoms with van der Waals surface area (Å²) in [6.45, 7) is 0.976. The fourth-order valence-electron chi connectivity index (χ4n) is 2.54. The van der Waals surface area contributed by atoms with Crippen LogP contribution in [0.4, 0.5) is 0 Å². The molecule has 6 heteroatoms. The molecule has 0 spiro atoms. The van der Waals surface area contributed by atoms with E-state index in [1.807, 2.05) is 36.4 Å². The first-order valence-corrected chi connectivity index (χ1v) is 7.92. The minimum atomic E-state index is -0.347. The molecule has 2 heterocycles. The van der Waals surface area contributed by atoms with Crippen molar-refractivity contribution in [2.45, 2.75) is 25.5 Å². The minimum Gasteiger partial charge on any atom is -0.493 e. The predicted octanol–water partition coefficient (Wildman–Crippen LogP) is 2.68. The van der Waals surface area contributed by atoms with Gasteiger partial charge in [-0.25, -0.2) is 4.98 Å². The lowest BCUT2D eigenvalue weighted by molar-refractivity contribution is -0.130. The highest BCUT2D eigenvalue weighted by Crippen LogP contribution is 2.31. The summed E-state index contributed by atoms with van der Waals surface area (Å²) < 4.78 is 16.5. The second-order valence-corrected chi connectivity index (χ2v) is 5.44. The van der Waals surface area contributed by atoms with Crippen molar-refractivity contribution in [3.8, 4) is 17.4 Å². The lowest BCUT2D eigenvalue weighted by Gasteiger charge is -2.14. The van der Waals surface area contributed by atoms with E-state index in [1.165, 1.54) is 0 Å². The van der Waals surface area contributed by atoms with Crippen molar-refractivity contribution in [2.75, 3.05) is 13.7 Å². The van der Waals surface area contributed by atoms with Gasteiger partial charge in [0, 0.05) is 24.9 Å². The lowest BCUT2D eigenvalue weighted by atomic mass is 10.2. The molecular weight excluding hydrogens is 308 g/mol. The number of rotatable bonds is 6. The third-order valence-corrected chi connectivity index (χ3v) is 3.80. The zero-order valence-corrected chi connectivity index (χ0v) is 13.5. The summed E-state index contributed by atoms with van der Waals surface area (Å²) in [5.74, 6) is 1.54. The SMILES string of the molecule is COc1ccccc1Oc1ncccc1CNC(=O)[C@H]1CCCO1. The Balaban J connectivity index is 1.69. The summed E-state index contributed by atoms with van der Waals surface area (Å²) >= 11 is 0. The van der Waals surface area contributed by atoms with Gasteiger partial charge < -0.3 is 19.5 Å². The maximum Gasteiger partial charge on any atom is 0.249 e. The van der Waals surface area contributed by atoms with Gasteiger partial charge in [0.1, 0.15) is 6.10 Å². The molecule has 1 aliphatic heterocycles. The van der Waals surface area contributed by atoms with Crippen molar-refractivity contribution in [2.24, 2.45) is 0 Å². The summed E-state index contributed by atoms with van der Waals surface area (Å²) in [4.78, 5) is 16.3. The summed E-state index contributed by atoms with van der Waals surface area (Å²) in [6.07, 6.45) is 2.99. The second-order valence-electron chi connectivity index (χ2n) is 5.44. The molecule has 1 aromatic heterocycles. The maximum absolute atomic E-state index is 12.1. The van der Waals surface area contributed by atoms with E-state index in [4.69, 9.17) is 14.2 Å². The van der Waals surface area contributed by atoms with E-state index in [2.05, 4.69) is 10.3 Å². The molecule has 1 aliphatic rings. The topological polar surface area (TPSA) is 69.7 Å². The van der Waals surface area contributed by atoms with Crippen LogP contribution in [0.3, 0.4) is 0 Å². The Morgan fingerprint density at radius 3 is 2.88 bits per heavy atom. The first-order valence-electron chi connectivity index (χ1n) is 7.92. The normalized spacial score (nSPS) is 16.6. The number of hydrogen-bond donors (Lipinski definition) is 1. The number of carbonyl (C=O) groups is 1. The molecule has 0 saturated carbocycles. The van der Waals surface area contributed by atoms with Gasteiger partial charge in [-0.15, -0.1) is 0 Å². The van der Waals surface area contributed by atoms with E-state index in [1.54, 1.807) is 13.3 Å². The average Bonchev–Trinajstić information content (AvgIpc) is 3.16. The first-order chi connectivity index (χ1) is 11.8. The number of para-hydroxylation sites is 2. The summed E-state index contributed by atoms with van der Waals surface area (Å²) in [5, 5.41) is 2.88.